The molecule has 3 rings (SSSR count). The highest BCUT2D eigenvalue weighted by Crippen LogP contribution is 2.59. The smallest absolute Gasteiger partial charge is 0.197 e. The van der Waals surface area contributed by atoms with E-state index in [-0.39, 0.29) is 0 Å². The van der Waals surface area contributed by atoms with Crippen LogP contribution in [0.15, 0.2) is 0 Å². The highest BCUT2D eigenvalue weighted by Gasteiger charge is 2.79. The van der Waals surface area contributed by atoms with Gasteiger partial charge >= 0.3 is 0 Å². The van der Waals surface area contributed by atoms with Crippen LogP contribution < -0.4 is 16.0 Å². The molecule has 0 saturated carbocycles. The van der Waals surface area contributed by atoms with Crippen LogP contribution in [0.25, 0.3) is 0 Å². The van der Waals surface area contributed by atoms with Gasteiger partial charge in [-0.15, -0.1) is 0 Å². The van der Waals surface area contributed by atoms with Crippen molar-refractivity contribution >= 4 is 0 Å². The zero-order chi connectivity index (χ0) is 42.0. The Labute approximate surface area is 317 Å². The molecule has 0 spiro atoms. The highest BCUT2D eigenvalue weighted by atomic mass is 16.8. The normalized spacial score (nSPS) is 59.2. The summed E-state index contributed by atoms with van der Waals surface area (Å²) >= 11 is 0. The van der Waals surface area contributed by atoms with Crippen LogP contribution in [0, 0.1) is 0 Å². The second-order valence-corrected chi connectivity index (χ2v) is 18.5. The van der Waals surface area contributed by atoms with E-state index in [0.29, 0.717) is 6.42 Å². The van der Waals surface area contributed by atoms with E-state index in [9.17, 15) is 30.6 Å². The lowest BCUT2D eigenvalue weighted by atomic mass is 9.57. The number of ether oxygens (including phenoxy) is 6. The standard InChI is InChI=1S/C38H75N3O12/c1-21-24(2)30(8,42)27(5,39-17)34(12,46)37(15,51-24)49-23-26(4)32(10,44)29(7,41-19)35(13,47)38(16,53-26)50-22-25(3)31(9,43)28(6,40-18)33(11,45)36(14,48-20)52-25/h39-47H,21-23H2,1-20H3. The predicted molar refractivity (Wildman–Crippen MR) is 199 cm³/mol. The fraction of sp³-hybridized carbons (Fsp3) is 1.00. The van der Waals surface area contributed by atoms with Gasteiger partial charge in [-0.3, -0.25) is 0 Å². The predicted octanol–water partition coefficient (Wildman–Crippen LogP) is 1.03. The average molecular weight is 766 g/mol. The Kier molecular flexibility index (Phi) is 11.2. The van der Waals surface area contributed by atoms with Gasteiger partial charge in [0.2, 0.25) is 0 Å². The summed E-state index contributed by atoms with van der Waals surface area (Å²) in [5, 5.41) is 82.8. The van der Waals surface area contributed by atoms with E-state index in [2.05, 4.69) is 16.0 Å². The van der Waals surface area contributed by atoms with Crippen molar-refractivity contribution in [2.75, 3.05) is 41.5 Å². The first-order valence-corrected chi connectivity index (χ1v) is 18.7. The van der Waals surface area contributed by atoms with E-state index in [1.54, 1.807) is 83.5 Å². The Hall–Kier alpha value is -0.600. The Morgan fingerprint density at radius 1 is 0.415 bits per heavy atom. The summed E-state index contributed by atoms with van der Waals surface area (Å²) < 4.78 is 38.8. The summed E-state index contributed by atoms with van der Waals surface area (Å²) in [5.74, 6) is -5.42. The molecule has 15 heteroatoms. The Morgan fingerprint density at radius 2 is 0.660 bits per heavy atom. The molecule has 3 aliphatic rings. The van der Waals surface area contributed by atoms with E-state index in [4.69, 9.17) is 28.4 Å². The number of likely N-dealkylation sites (N-methyl/N-ethyl adjacent to an activating group) is 3. The highest BCUT2D eigenvalue weighted by molar-refractivity contribution is 5.28. The fourth-order valence-electron chi connectivity index (χ4n) is 9.60. The summed E-state index contributed by atoms with van der Waals surface area (Å²) in [6, 6.07) is 0. The monoisotopic (exact) mass is 766 g/mol. The molecule has 15 unspecified atom stereocenters. The van der Waals surface area contributed by atoms with Gasteiger partial charge in [-0.2, -0.15) is 0 Å². The molecule has 3 saturated heterocycles. The number of rotatable bonds is 11. The molecule has 0 radical (unpaired) electrons. The SMILES string of the molecule is CCC1(C)OC(C)(OCC2(C)OC(C)(OCC3(C)OC(C)(OC)C(C)(O)C(C)(NC)C3(C)O)C(C)(O)C(C)(NC)C2(C)O)C(C)(O)C(C)(NC)C1(C)O. The van der Waals surface area contributed by atoms with E-state index in [1.165, 1.54) is 48.7 Å². The van der Waals surface area contributed by atoms with Crippen molar-refractivity contribution in [3.8, 4) is 0 Å². The maximum Gasteiger partial charge on any atom is 0.197 e. The van der Waals surface area contributed by atoms with Crippen LogP contribution in [-0.2, 0) is 28.4 Å². The van der Waals surface area contributed by atoms with Crippen molar-refractivity contribution in [2.24, 2.45) is 0 Å². The van der Waals surface area contributed by atoms with Crippen molar-refractivity contribution < 1.29 is 59.1 Å². The van der Waals surface area contributed by atoms with Crippen LogP contribution in [0.4, 0.5) is 0 Å². The van der Waals surface area contributed by atoms with Crippen LogP contribution >= 0.6 is 0 Å². The van der Waals surface area contributed by atoms with E-state index in [1.807, 2.05) is 6.92 Å². The molecule has 0 aromatic heterocycles. The molecule has 9 N–H and O–H groups in total. The summed E-state index contributed by atoms with van der Waals surface area (Å²) in [6.07, 6.45) is 0.360. The number of aliphatic hydroxyl groups is 6. The summed E-state index contributed by atoms with van der Waals surface area (Å²) in [6.45, 7) is 24.9. The van der Waals surface area contributed by atoms with Crippen LogP contribution in [0.5, 0.6) is 0 Å². The van der Waals surface area contributed by atoms with Gasteiger partial charge in [0.15, 0.2) is 17.4 Å². The molecule has 3 heterocycles. The van der Waals surface area contributed by atoms with Gasteiger partial charge in [0.25, 0.3) is 0 Å². The molecule has 15 atom stereocenters. The summed E-state index contributed by atoms with van der Waals surface area (Å²) in [4.78, 5) is 0. The number of methoxy groups -OCH3 is 1. The first-order chi connectivity index (χ1) is 23.3. The van der Waals surface area contributed by atoms with Gasteiger partial charge in [-0.1, -0.05) is 6.92 Å². The lowest BCUT2D eigenvalue weighted by molar-refractivity contribution is -0.471. The number of hydrogen-bond donors (Lipinski definition) is 9. The third-order valence-electron chi connectivity index (χ3n) is 16.7. The van der Waals surface area contributed by atoms with Crippen molar-refractivity contribution in [3.63, 3.8) is 0 Å². The Bertz CT molecular complexity index is 1300. The van der Waals surface area contributed by atoms with Crippen molar-refractivity contribution in [1.82, 2.24) is 16.0 Å². The maximum atomic E-state index is 12.6. The van der Waals surface area contributed by atoms with E-state index in [0.717, 1.165) is 0 Å². The van der Waals surface area contributed by atoms with Crippen LogP contribution in [-0.4, -0.2) is 156 Å². The van der Waals surface area contributed by atoms with Gasteiger partial charge < -0.3 is 75.0 Å². The van der Waals surface area contributed by atoms with Gasteiger partial charge in [0.05, 0.1) is 35.4 Å². The first-order valence-electron chi connectivity index (χ1n) is 18.7. The van der Waals surface area contributed by atoms with Crippen molar-refractivity contribution in [2.45, 2.75) is 202 Å². The summed E-state index contributed by atoms with van der Waals surface area (Å²) in [5.41, 5.74) is -19.9. The Balaban J connectivity index is 2.17. The minimum atomic E-state index is -2.00. The van der Waals surface area contributed by atoms with Crippen LogP contribution in [0.1, 0.15) is 117 Å². The van der Waals surface area contributed by atoms with Crippen LogP contribution in [0.3, 0.4) is 0 Å². The molecule has 53 heavy (non-hydrogen) atoms. The average Bonchev–Trinajstić information content (AvgIpc) is 3.06. The largest absolute Gasteiger partial charge is 0.385 e. The molecule has 0 amide bonds. The van der Waals surface area contributed by atoms with Crippen molar-refractivity contribution in [3.05, 3.63) is 0 Å². The third kappa shape index (κ3) is 5.26. The summed E-state index contributed by atoms with van der Waals surface area (Å²) in [7, 11) is 6.25. The minimum Gasteiger partial charge on any atom is -0.385 e. The molecule has 0 aliphatic carbocycles. The topological polar surface area (TPSA) is 213 Å². The second-order valence-electron chi connectivity index (χ2n) is 18.5. The fourth-order valence-corrected chi connectivity index (χ4v) is 9.60. The molecule has 3 fully saturated rings. The molecular weight excluding hydrogens is 690 g/mol. The van der Waals surface area contributed by atoms with Gasteiger partial charge in [-0.25, -0.2) is 0 Å². The lowest BCUT2D eigenvalue weighted by Crippen LogP contribution is -2.90. The van der Waals surface area contributed by atoms with Crippen LogP contribution in [0.2, 0.25) is 0 Å². The Morgan fingerprint density at radius 3 is 0.925 bits per heavy atom. The molecule has 15 nitrogen and oxygen atoms in total. The van der Waals surface area contributed by atoms with E-state index >= 15 is 0 Å². The maximum absolute atomic E-state index is 12.6. The molecular formula is C38H75N3O12. The molecule has 0 aromatic carbocycles. The minimum absolute atomic E-state index is 0.360. The molecule has 0 bridgehead atoms. The number of hydrogen-bond acceptors (Lipinski definition) is 15. The first kappa shape index (κ1) is 46.8. The quantitative estimate of drug-likeness (QED) is 0.144. The molecule has 3 aliphatic heterocycles. The van der Waals surface area contributed by atoms with Crippen molar-refractivity contribution in [1.29, 1.82) is 0 Å². The molecule has 0 aromatic rings. The van der Waals surface area contributed by atoms with Gasteiger partial charge in [-0.05, 0) is 131 Å². The van der Waals surface area contributed by atoms with Gasteiger partial charge in [0.1, 0.15) is 44.8 Å². The third-order valence-corrected chi connectivity index (χ3v) is 16.7. The van der Waals surface area contributed by atoms with E-state index < -0.39 is 97.6 Å². The molecule has 314 valence electrons. The second kappa shape index (κ2) is 12.7. The lowest BCUT2D eigenvalue weighted by Gasteiger charge is -2.70. The zero-order valence-corrected chi connectivity index (χ0v) is 36.3. The number of nitrogens with one attached hydrogen (secondary N) is 3. The van der Waals surface area contributed by atoms with Gasteiger partial charge in [0, 0.05) is 7.11 Å². The zero-order valence-electron chi connectivity index (χ0n) is 36.3.